The van der Waals surface area contributed by atoms with Crippen molar-refractivity contribution < 1.29 is 9.53 Å². The van der Waals surface area contributed by atoms with Crippen molar-refractivity contribution in [2.75, 3.05) is 19.1 Å². The van der Waals surface area contributed by atoms with Crippen LogP contribution < -0.4 is 10.5 Å². The quantitative estimate of drug-likeness (QED) is 0.602. The molecule has 0 aliphatic heterocycles. The predicted molar refractivity (Wildman–Crippen MR) is 109 cm³/mol. The zero-order chi connectivity index (χ0) is 21.0. The number of methoxy groups -OCH3 is 1. The second kappa shape index (κ2) is 8.59. The molecule has 0 saturated heterocycles. The maximum atomic E-state index is 12.8. The van der Waals surface area contributed by atoms with Gasteiger partial charge in [0.25, 0.3) is 5.56 Å². The summed E-state index contributed by atoms with van der Waals surface area (Å²) in [6.45, 7) is 0.468. The molecule has 0 aliphatic rings. The summed E-state index contributed by atoms with van der Waals surface area (Å²) in [5, 5.41) is 13.1. The third-order valence-electron chi connectivity index (χ3n) is 4.35. The van der Waals surface area contributed by atoms with Crippen LogP contribution in [-0.4, -0.2) is 29.9 Å². The Balaban J connectivity index is 1.95. The molecular weight excluding hydrogens is 392 g/mol. The summed E-state index contributed by atoms with van der Waals surface area (Å²) in [6, 6.07) is 15.7. The van der Waals surface area contributed by atoms with Crippen molar-refractivity contribution in [3.8, 4) is 11.8 Å². The van der Waals surface area contributed by atoms with Crippen LogP contribution >= 0.6 is 11.6 Å². The maximum Gasteiger partial charge on any atom is 0.340 e. The Morgan fingerprint density at radius 2 is 1.93 bits per heavy atom. The monoisotopic (exact) mass is 408 g/mol. The number of esters is 1. The number of hydrogen-bond donors (Lipinski definition) is 0. The summed E-state index contributed by atoms with van der Waals surface area (Å²) < 4.78 is 5.85. The van der Waals surface area contributed by atoms with Crippen molar-refractivity contribution in [2.24, 2.45) is 0 Å². The van der Waals surface area contributed by atoms with Crippen molar-refractivity contribution in [2.45, 2.75) is 6.54 Å². The molecule has 3 rings (SSSR count). The molecule has 0 unspecified atom stereocenters. The van der Waals surface area contributed by atoms with Gasteiger partial charge in [0.1, 0.15) is 5.02 Å². The van der Waals surface area contributed by atoms with E-state index in [0.29, 0.717) is 17.8 Å². The first-order valence-electron chi connectivity index (χ1n) is 8.62. The van der Waals surface area contributed by atoms with Gasteiger partial charge in [0.2, 0.25) is 0 Å². The molecule has 0 saturated carbocycles. The normalized spacial score (nSPS) is 10.3. The van der Waals surface area contributed by atoms with Gasteiger partial charge in [-0.15, -0.1) is 0 Å². The average Bonchev–Trinajstić information content (AvgIpc) is 2.75. The van der Waals surface area contributed by atoms with Crippen molar-refractivity contribution in [1.29, 1.82) is 5.26 Å². The number of para-hydroxylation sites is 1. The Morgan fingerprint density at radius 1 is 1.24 bits per heavy atom. The number of halogens is 1. The van der Waals surface area contributed by atoms with Gasteiger partial charge < -0.3 is 9.64 Å². The second-order valence-corrected chi connectivity index (χ2v) is 6.61. The molecule has 0 radical (unpaired) electrons. The lowest BCUT2D eigenvalue weighted by Gasteiger charge is -2.21. The summed E-state index contributed by atoms with van der Waals surface area (Å²) in [4.78, 5) is 26.6. The molecule has 3 aromatic rings. The predicted octanol–water partition coefficient (Wildman–Crippen LogP) is 3.18. The van der Waals surface area contributed by atoms with Crippen LogP contribution in [0.4, 0.5) is 5.69 Å². The Bertz CT molecular complexity index is 1150. The number of hydrogen-bond acceptors (Lipinski definition) is 6. The molecule has 146 valence electrons. The smallest absolute Gasteiger partial charge is 0.340 e. The molecule has 0 spiro atoms. The van der Waals surface area contributed by atoms with Gasteiger partial charge in [0, 0.05) is 13.6 Å². The highest BCUT2D eigenvalue weighted by Gasteiger charge is 2.18. The number of benzene rings is 2. The standard InChI is InChI=1S/C21H17ClN4O3/c1-25(13-15-9-7-14(11-23)8-10-15)18-12-24-26(20(27)19(18)22)17-6-4-3-5-16(17)21(28)29-2/h3-10,12H,13H2,1-2H3. The SMILES string of the molecule is COC(=O)c1ccccc1-n1ncc(N(C)Cc2ccc(C#N)cc2)c(Cl)c1=O. The highest BCUT2D eigenvalue weighted by molar-refractivity contribution is 6.33. The molecule has 0 bridgehead atoms. The van der Waals surface area contributed by atoms with Crippen molar-refractivity contribution >= 4 is 23.3 Å². The number of nitrogens with zero attached hydrogens (tertiary/aromatic N) is 4. The number of rotatable bonds is 5. The van der Waals surface area contributed by atoms with Crippen molar-refractivity contribution in [1.82, 2.24) is 9.78 Å². The Hall–Kier alpha value is -3.63. The molecule has 0 aliphatic carbocycles. The van der Waals surface area contributed by atoms with Gasteiger partial charge >= 0.3 is 5.97 Å². The summed E-state index contributed by atoms with van der Waals surface area (Å²) in [5.41, 5.74) is 1.91. The minimum atomic E-state index is -0.576. The average molecular weight is 409 g/mol. The number of anilines is 1. The molecule has 2 aromatic carbocycles. The molecule has 0 atom stereocenters. The van der Waals surface area contributed by atoms with Crippen LogP contribution in [0.25, 0.3) is 5.69 Å². The molecule has 1 heterocycles. The highest BCUT2D eigenvalue weighted by atomic mass is 35.5. The lowest BCUT2D eigenvalue weighted by atomic mass is 10.1. The van der Waals surface area contributed by atoms with E-state index in [1.807, 2.05) is 12.1 Å². The second-order valence-electron chi connectivity index (χ2n) is 6.23. The van der Waals surface area contributed by atoms with Gasteiger partial charge in [-0.2, -0.15) is 15.0 Å². The Morgan fingerprint density at radius 3 is 2.59 bits per heavy atom. The number of nitriles is 1. The first-order chi connectivity index (χ1) is 14.0. The van der Waals surface area contributed by atoms with E-state index in [1.165, 1.54) is 13.3 Å². The summed E-state index contributed by atoms with van der Waals surface area (Å²) in [7, 11) is 3.05. The molecule has 1 aromatic heterocycles. The van der Waals surface area contributed by atoms with E-state index >= 15 is 0 Å². The summed E-state index contributed by atoms with van der Waals surface area (Å²) >= 11 is 6.35. The lowest BCUT2D eigenvalue weighted by Crippen LogP contribution is -2.27. The molecule has 0 amide bonds. The Labute approximate surface area is 172 Å². The van der Waals surface area contributed by atoms with Crippen LogP contribution in [0.1, 0.15) is 21.5 Å². The number of aromatic nitrogens is 2. The van der Waals surface area contributed by atoms with Crippen LogP contribution in [0.15, 0.2) is 59.5 Å². The van der Waals surface area contributed by atoms with E-state index in [4.69, 9.17) is 21.6 Å². The third kappa shape index (κ3) is 4.13. The highest BCUT2D eigenvalue weighted by Crippen LogP contribution is 2.23. The molecule has 8 heteroatoms. The minimum absolute atomic E-state index is 0.0178. The van der Waals surface area contributed by atoms with Gasteiger partial charge in [-0.1, -0.05) is 35.9 Å². The van der Waals surface area contributed by atoms with Gasteiger partial charge in [-0.3, -0.25) is 4.79 Å². The van der Waals surface area contributed by atoms with E-state index in [1.54, 1.807) is 48.3 Å². The fraction of sp³-hybridized carbons (Fsp3) is 0.143. The summed E-state index contributed by atoms with van der Waals surface area (Å²) in [5.74, 6) is -0.576. The van der Waals surface area contributed by atoms with Crippen LogP contribution in [-0.2, 0) is 11.3 Å². The number of ether oxygens (including phenoxy) is 1. The summed E-state index contributed by atoms with van der Waals surface area (Å²) in [6.07, 6.45) is 1.47. The van der Waals surface area contributed by atoms with E-state index in [2.05, 4.69) is 11.2 Å². The van der Waals surface area contributed by atoms with Gasteiger partial charge in [0.05, 0.1) is 41.9 Å². The maximum absolute atomic E-state index is 12.8. The van der Waals surface area contributed by atoms with Crippen LogP contribution in [0.5, 0.6) is 0 Å². The van der Waals surface area contributed by atoms with Crippen LogP contribution in [0, 0.1) is 11.3 Å². The van der Waals surface area contributed by atoms with Gasteiger partial charge in [-0.25, -0.2) is 4.79 Å². The largest absolute Gasteiger partial charge is 0.465 e. The minimum Gasteiger partial charge on any atom is -0.465 e. The van der Waals surface area contributed by atoms with Crippen molar-refractivity contribution in [3.63, 3.8) is 0 Å². The zero-order valence-corrected chi connectivity index (χ0v) is 16.6. The van der Waals surface area contributed by atoms with Gasteiger partial charge in [-0.05, 0) is 29.8 Å². The zero-order valence-electron chi connectivity index (χ0n) is 15.8. The van der Waals surface area contributed by atoms with Gasteiger partial charge in [0.15, 0.2) is 0 Å². The molecule has 29 heavy (non-hydrogen) atoms. The van der Waals surface area contributed by atoms with Crippen LogP contribution in [0.2, 0.25) is 5.02 Å². The third-order valence-corrected chi connectivity index (χ3v) is 4.71. The fourth-order valence-electron chi connectivity index (χ4n) is 2.85. The lowest BCUT2D eigenvalue weighted by molar-refractivity contribution is 0.0600. The Kier molecular flexibility index (Phi) is 5.96. The number of carbonyl (C=O) groups is 1. The van der Waals surface area contributed by atoms with E-state index in [9.17, 15) is 9.59 Å². The molecular formula is C21H17ClN4O3. The number of carbonyl (C=O) groups excluding carboxylic acids is 1. The first-order valence-corrected chi connectivity index (χ1v) is 8.99. The molecule has 0 fully saturated rings. The van der Waals surface area contributed by atoms with E-state index in [0.717, 1.165) is 10.2 Å². The molecule has 7 nitrogen and oxygen atoms in total. The van der Waals surface area contributed by atoms with Crippen LogP contribution in [0.3, 0.4) is 0 Å². The van der Waals surface area contributed by atoms with Crippen molar-refractivity contribution in [3.05, 3.63) is 86.8 Å². The first kappa shape index (κ1) is 20.1. The van der Waals surface area contributed by atoms with E-state index in [-0.39, 0.29) is 16.3 Å². The molecule has 0 N–H and O–H groups in total. The topological polar surface area (TPSA) is 88.2 Å². The fourth-order valence-corrected chi connectivity index (χ4v) is 3.12. The van der Waals surface area contributed by atoms with E-state index < -0.39 is 11.5 Å².